The van der Waals surface area contributed by atoms with Gasteiger partial charge in [-0.15, -0.1) is 0 Å². The summed E-state index contributed by atoms with van der Waals surface area (Å²) in [5.41, 5.74) is 0.704. The maximum Gasteiger partial charge on any atom is 0.416 e. The molecular formula is C18H19F3N4O2. The Labute approximate surface area is 154 Å². The SMILES string of the molecule is Cc1cc(C(=O)N2CCC(=O)N(Cc3cccc(C(F)(F)F)c3)CC2)n[nH]1. The Balaban J connectivity index is 1.68. The van der Waals surface area contributed by atoms with Gasteiger partial charge in [0.25, 0.3) is 5.91 Å². The van der Waals surface area contributed by atoms with Crippen molar-refractivity contribution in [3.8, 4) is 0 Å². The van der Waals surface area contributed by atoms with E-state index >= 15 is 0 Å². The number of aromatic nitrogens is 2. The highest BCUT2D eigenvalue weighted by atomic mass is 19.4. The third kappa shape index (κ3) is 4.47. The van der Waals surface area contributed by atoms with Crippen molar-refractivity contribution in [1.29, 1.82) is 0 Å². The molecule has 0 atom stereocenters. The summed E-state index contributed by atoms with van der Waals surface area (Å²) in [7, 11) is 0. The number of nitrogens with zero attached hydrogens (tertiary/aromatic N) is 3. The van der Waals surface area contributed by atoms with Crippen LogP contribution < -0.4 is 0 Å². The Morgan fingerprint density at radius 1 is 1.22 bits per heavy atom. The lowest BCUT2D eigenvalue weighted by atomic mass is 10.1. The van der Waals surface area contributed by atoms with E-state index in [1.54, 1.807) is 24.0 Å². The number of carbonyl (C=O) groups is 2. The molecule has 1 aliphatic heterocycles. The lowest BCUT2D eigenvalue weighted by Gasteiger charge is -2.22. The molecule has 2 aromatic rings. The van der Waals surface area contributed by atoms with E-state index in [1.165, 1.54) is 11.0 Å². The van der Waals surface area contributed by atoms with Crippen molar-refractivity contribution in [2.75, 3.05) is 19.6 Å². The van der Waals surface area contributed by atoms with E-state index in [9.17, 15) is 22.8 Å². The fraction of sp³-hybridized carbons (Fsp3) is 0.389. The number of H-pyrrole nitrogens is 1. The molecule has 144 valence electrons. The molecule has 1 aromatic heterocycles. The van der Waals surface area contributed by atoms with Gasteiger partial charge in [-0.1, -0.05) is 12.1 Å². The first-order valence-electron chi connectivity index (χ1n) is 8.49. The Morgan fingerprint density at radius 2 is 2.00 bits per heavy atom. The number of benzene rings is 1. The van der Waals surface area contributed by atoms with E-state index in [4.69, 9.17) is 0 Å². The number of halogens is 3. The van der Waals surface area contributed by atoms with Crippen molar-refractivity contribution < 1.29 is 22.8 Å². The summed E-state index contributed by atoms with van der Waals surface area (Å²) in [6.07, 6.45) is -4.31. The van der Waals surface area contributed by atoms with E-state index in [0.29, 0.717) is 12.1 Å². The van der Waals surface area contributed by atoms with Crippen molar-refractivity contribution in [3.05, 3.63) is 52.8 Å². The first-order valence-corrected chi connectivity index (χ1v) is 8.49. The Kier molecular flexibility index (Phi) is 5.20. The van der Waals surface area contributed by atoms with Gasteiger partial charge in [-0.05, 0) is 30.7 Å². The maximum absolute atomic E-state index is 12.9. The predicted molar refractivity (Wildman–Crippen MR) is 90.7 cm³/mol. The second kappa shape index (κ2) is 7.42. The zero-order valence-electron chi connectivity index (χ0n) is 14.7. The van der Waals surface area contributed by atoms with Crippen LogP contribution in [0.1, 0.15) is 33.7 Å². The van der Waals surface area contributed by atoms with Crippen molar-refractivity contribution in [1.82, 2.24) is 20.0 Å². The van der Waals surface area contributed by atoms with E-state index in [2.05, 4.69) is 10.2 Å². The van der Waals surface area contributed by atoms with E-state index < -0.39 is 11.7 Å². The van der Waals surface area contributed by atoms with Gasteiger partial charge < -0.3 is 9.80 Å². The zero-order chi connectivity index (χ0) is 19.6. The van der Waals surface area contributed by atoms with Crippen molar-refractivity contribution >= 4 is 11.8 Å². The quantitative estimate of drug-likeness (QED) is 0.890. The molecule has 0 aliphatic carbocycles. The van der Waals surface area contributed by atoms with Gasteiger partial charge in [-0.25, -0.2) is 0 Å². The van der Waals surface area contributed by atoms with Crippen LogP contribution in [0, 0.1) is 6.92 Å². The summed E-state index contributed by atoms with van der Waals surface area (Å²) in [6, 6.07) is 6.57. The summed E-state index contributed by atoms with van der Waals surface area (Å²) >= 11 is 0. The molecule has 0 radical (unpaired) electrons. The molecule has 2 heterocycles. The molecule has 0 unspecified atom stereocenters. The number of aromatic amines is 1. The van der Waals surface area contributed by atoms with Gasteiger partial charge in [0.2, 0.25) is 5.91 Å². The van der Waals surface area contributed by atoms with Gasteiger partial charge in [0.05, 0.1) is 5.56 Å². The van der Waals surface area contributed by atoms with E-state index in [0.717, 1.165) is 17.8 Å². The van der Waals surface area contributed by atoms with Crippen LogP contribution in [0.5, 0.6) is 0 Å². The minimum absolute atomic E-state index is 0.0757. The molecule has 1 saturated heterocycles. The summed E-state index contributed by atoms with van der Waals surface area (Å²) < 4.78 is 38.6. The highest BCUT2D eigenvalue weighted by Crippen LogP contribution is 2.29. The van der Waals surface area contributed by atoms with Crippen LogP contribution in [0.25, 0.3) is 0 Å². The molecule has 1 aromatic carbocycles. The smallest absolute Gasteiger partial charge is 0.337 e. The highest BCUT2D eigenvalue weighted by Gasteiger charge is 2.31. The first kappa shape index (κ1) is 18.9. The lowest BCUT2D eigenvalue weighted by molar-refractivity contribution is -0.137. The third-order valence-electron chi connectivity index (χ3n) is 4.43. The molecule has 1 fully saturated rings. The monoisotopic (exact) mass is 380 g/mol. The topological polar surface area (TPSA) is 69.3 Å². The van der Waals surface area contributed by atoms with Crippen LogP contribution >= 0.6 is 0 Å². The van der Waals surface area contributed by atoms with Crippen LogP contribution in [0.15, 0.2) is 30.3 Å². The molecule has 2 amide bonds. The van der Waals surface area contributed by atoms with Gasteiger partial charge in [-0.2, -0.15) is 18.3 Å². The minimum Gasteiger partial charge on any atom is -0.337 e. The molecule has 27 heavy (non-hydrogen) atoms. The molecule has 0 bridgehead atoms. The van der Waals surface area contributed by atoms with Gasteiger partial charge in [0.15, 0.2) is 0 Å². The second-order valence-corrected chi connectivity index (χ2v) is 6.49. The van der Waals surface area contributed by atoms with Crippen molar-refractivity contribution in [2.45, 2.75) is 26.1 Å². The van der Waals surface area contributed by atoms with Gasteiger partial charge in [0.1, 0.15) is 5.69 Å². The molecule has 1 aliphatic rings. The summed E-state index contributed by atoms with van der Waals surface area (Å²) in [5, 5.41) is 6.64. The van der Waals surface area contributed by atoms with Gasteiger partial charge in [0, 0.05) is 38.3 Å². The number of alkyl halides is 3. The van der Waals surface area contributed by atoms with Gasteiger partial charge >= 0.3 is 6.18 Å². The average molecular weight is 380 g/mol. The fourth-order valence-electron chi connectivity index (χ4n) is 2.99. The summed E-state index contributed by atoms with van der Waals surface area (Å²) in [4.78, 5) is 27.9. The van der Waals surface area contributed by atoms with Crippen LogP contribution in [-0.2, 0) is 17.5 Å². The molecule has 3 rings (SSSR count). The van der Waals surface area contributed by atoms with Crippen LogP contribution in [0.3, 0.4) is 0 Å². The largest absolute Gasteiger partial charge is 0.416 e. The third-order valence-corrected chi connectivity index (χ3v) is 4.43. The predicted octanol–water partition coefficient (Wildman–Crippen LogP) is 2.61. The molecule has 0 saturated carbocycles. The lowest BCUT2D eigenvalue weighted by Crippen LogP contribution is -2.35. The second-order valence-electron chi connectivity index (χ2n) is 6.49. The van der Waals surface area contributed by atoms with Crippen molar-refractivity contribution in [2.24, 2.45) is 0 Å². The van der Waals surface area contributed by atoms with Crippen LogP contribution in [0.2, 0.25) is 0 Å². The maximum atomic E-state index is 12.9. The number of aryl methyl sites for hydroxylation is 1. The molecule has 1 N–H and O–H groups in total. The normalized spacial score (nSPS) is 15.8. The van der Waals surface area contributed by atoms with E-state index in [-0.39, 0.29) is 43.6 Å². The van der Waals surface area contributed by atoms with Gasteiger partial charge in [-0.3, -0.25) is 14.7 Å². The number of amides is 2. The summed E-state index contributed by atoms with van der Waals surface area (Å²) in [5.74, 6) is -0.464. The molecule has 9 heteroatoms. The van der Waals surface area contributed by atoms with Crippen molar-refractivity contribution in [3.63, 3.8) is 0 Å². The average Bonchev–Trinajstić information content (AvgIpc) is 2.97. The fourth-order valence-corrected chi connectivity index (χ4v) is 2.99. The molecular weight excluding hydrogens is 361 g/mol. The first-order chi connectivity index (χ1) is 12.7. The Hall–Kier alpha value is -2.84. The zero-order valence-corrected chi connectivity index (χ0v) is 14.7. The molecule has 0 spiro atoms. The van der Waals surface area contributed by atoms with Crippen LogP contribution in [0.4, 0.5) is 13.2 Å². The number of hydrogen-bond acceptors (Lipinski definition) is 3. The number of rotatable bonds is 3. The number of nitrogens with one attached hydrogen (secondary N) is 1. The highest BCUT2D eigenvalue weighted by molar-refractivity contribution is 5.93. The Bertz CT molecular complexity index is 847. The standard InChI is InChI=1S/C18H19F3N4O2/c1-12-9-15(23-22-12)17(27)24-6-5-16(26)25(8-7-24)11-13-3-2-4-14(10-13)18(19,20)21/h2-4,9-10H,5-8,11H2,1H3,(H,22,23). The number of carbonyl (C=O) groups excluding carboxylic acids is 2. The van der Waals surface area contributed by atoms with E-state index in [1.807, 2.05) is 0 Å². The summed E-state index contributed by atoms with van der Waals surface area (Å²) in [6.45, 7) is 2.67. The van der Waals surface area contributed by atoms with Crippen LogP contribution in [-0.4, -0.2) is 51.4 Å². The number of hydrogen-bond donors (Lipinski definition) is 1. The minimum atomic E-state index is -4.43. The Morgan fingerprint density at radius 3 is 2.67 bits per heavy atom. The molecule has 6 nitrogen and oxygen atoms in total.